The second-order valence-corrected chi connectivity index (χ2v) is 7.09. The van der Waals surface area contributed by atoms with Crippen molar-refractivity contribution in [1.82, 2.24) is 14.7 Å². The van der Waals surface area contributed by atoms with Crippen LogP contribution in [-0.4, -0.2) is 27.6 Å². The van der Waals surface area contributed by atoms with Gasteiger partial charge in [0.05, 0.1) is 23.0 Å². The molecular weight excluding hydrogens is 448 g/mol. The fourth-order valence-electron chi connectivity index (χ4n) is 2.95. The highest BCUT2D eigenvalue weighted by Gasteiger charge is 2.41. The largest absolute Gasteiger partial charge is 0.434 e. The number of aromatic nitrogens is 2. The molecule has 2 aromatic carbocycles. The van der Waals surface area contributed by atoms with E-state index in [-0.39, 0.29) is 17.8 Å². The summed E-state index contributed by atoms with van der Waals surface area (Å²) in [5, 5.41) is 4.00. The predicted octanol–water partition coefficient (Wildman–Crippen LogP) is 5.84. The molecule has 3 aromatic rings. The Morgan fingerprint density at radius 3 is 2.26 bits per heavy atom. The Hall–Kier alpha value is -3.01. The number of alkyl halides is 6. The first-order valence-electron chi connectivity index (χ1n) is 8.70. The zero-order valence-electron chi connectivity index (χ0n) is 15.8. The number of rotatable bonds is 4. The highest BCUT2D eigenvalue weighted by atomic mass is 35.5. The van der Waals surface area contributed by atoms with Gasteiger partial charge in [-0.15, -0.1) is 0 Å². The normalized spacial score (nSPS) is 12.1. The Morgan fingerprint density at radius 1 is 1.03 bits per heavy atom. The standard InChI is InChI=1S/C20H14ClF6N3O/c1-29(11-12-3-2-4-13(9-12)19(22,23)24)18(31)16-10-28-30(17(16)20(25,26)27)15-7-5-14(21)6-8-15/h2-10H,11H2,1H3. The van der Waals surface area contributed by atoms with E-state index in [1.165, 1.54) is 37.4 Å². The number of benzene rings is 2. The number of amides is 1. The van der Waals surface area contributed by atoms with Crippen LogP contribution < -0.4 is 0 Å². The average Bonchev–Trinajstić information content (AvgIpc) is 3.13. The van der Waals surface area contributed by atoms with Gasteiger partial charge in [0.2, 0.25) is 0 Å². The molecule has 31 heavy (non-hydrogen) atoms. The first kappa shape index (κ1) is 22.7. The van der Waals surface area contributed by atoms with Crippen molar-refractivity contribution in [2.24, 2.45) is 0 Å². The molecule has 0 aliphatic rings. The van der Waals surface area contributed by atoms with E-state index in [9.17, 15) is 31.1 Å². The summed E-state index contributed by atoms with van der Waals surface area (Å²) in [5.74, 6) is -1.04. The lowest BCUT2D eigenvalue weighted by molar-refractivity contribution is -0.143. The van der Waals surface area contributed by atoms with Gasteiger partial charge in [-0.25, -0.2) is 4.68 Å². The van der Waals surface area contributed by atoms with Crippen LogP contribution >= 0.6 is 11.6 Å². The van der Waals surface area contributed by atoms with Crippen molar-refractivity contribution in [3.05, 3.63) is 82.1 Å². The van der Waals surface area contributed by atoms with E-state index in [0.29, 0.717) is 9.70 Å². The highest BCUT2D eigenvalue weighted by molar-refractivity contribution is 6.30. The summed E-state index contributed by atoms with van der Waals surface area (Å²) in [5.41, 5.74) is -2.79. The van der Waals surface area contributed by atoms with Gasteiger partial charge in [-0.1, -0.05) is 23.7 Å². The van der Waals surface area contributed by atoms with E-state index in [2.05, 4.69) is 5.10 Å². The van der Waals surface area contributed by atoms with Crippen LogP contribution in [0.5, 0.6) is 0 Å². The van der Waals surface area contributed by atoms with Crippen molar-refractivity contribution in [2.45, 2.75) is 18.9 Å². The van der Waals surface area contributed by atoms with Gasteiger partial charge in [-0.05, 0) is 42.0 Å². The van der Waals surface area contributed by atoms with E-state index in [0.717, 1.165) is 29.3 Å². The average molecular weight is 462 g/mol. The molecule has 0 bridgehead atoms. The van der Waals surface area contributed by atoms with Crippen LogP contribution in [0.4, 0.5) is 26.3 Å². The summed E-state index contributed by atoms with van der Waals surface area (Å²) >= 11 is 5.76. The van der Waals surface area contributed by atoms with Crippen LogP contribution in [0.2, 0.25) is 5.02 Å². The van der Waals surface area contributed by atoms with Gasteiger partial charge in [0.15, 0.2) is 5.69 Å². The Bertz CT molecular complexity index is 1090. The monoisotopic (exact) mass is 461 g/mol. The van der Waals surface area contributed by atoms with E-state index in [4.69, 9.17) is 11.6 Å². The first-order valence-corrected chi connectivity index (χ1v) is 9.08. The van der Waals surface area contributed by atoms with Crippen LogP contribution in [0, 0.1) is 0 Å². The van der Waals surface area contributed by atoms with E-state index in [1.807, 2.05) is 0 Å². The van der Waals surface area contributed by atoms with Crippen LogP contribution in [0.25, 0.3) is 5.69 Å². The van der Waals surface area contributed by atoms with Crippen molar-refractivity contribution in [3.63, 3.8) is 0 Å². The molecule has 164 valence electrons. The van der Waals surface area contributed by atoms with Crippen molar-refractivity contribution in [2.75, 3.05) is 7.05 Å². The van der Waals surface area contributed by atoms with Gasteiger partial charge in [-0.2, -0.15) is 31.4 Å². The summed E-state index contributed by atoms with van der Waals surface area (Å²) in [7, 11) is 1.20. The van der Waals surface area contributed by atoms with E-state index < -0.39 is 35.1 Å². The maximum absolute atomic E-state index is 13.8. The SMILES string of the molecule is CN(Cc1cccc(C(F)(F)F)c1)C(=O)c1cnn(-c2ccc(Cl)cc2)c1C(F)(F)F. The molecule has 0 spiro atoms. The fraction of sp³-hybridized carbons (Fsp3) is 0.200. The number of carbonyl (C=O) groups is 1. The second-order valence-electron chi connectivity index (χ2n) is 6.65. The van der Waals surface area contributed by atoms with Gasteiger partial charge in [0.1, 0.15) is 0 Å². The number of hydrogen-bond acceptors (Lipinski definition) is 2. The van der Waals surface area contributed by atoms with Crippen molar-refractivity contribution < 1.29 is 31.1 Å². The molecule has 1 aromatic heterocycles. The molecule has 3 rings (SSSR count). The van der Waals surface area contributed by atoms with Gasteiger partial charge in [0.25, 0.3) is 5.91 Å². The molecule has 1 amide bonds. The van der Waals surface area contributed by atoms with E-state index in [1.54, 1.807) is 0 Å². The van der Waals surface area contributed by atoms with E-state index >= 15 is 0 Å². The highest BCUT2D eigenvalue weighted by Crippen LogP contribution is 2.35. The van der Waals surface area contributed by atoms with Crippen molar-refractivity contribution >= 4 is 17.5 Å². The zero-order valence-corrected chi connectivity index (χ0v) is 16.6. The Labute approximate surface area is 177 Å². The quantitative estimate of drug-likeness (QED) is 0.458. The summed E-state index contributed by atoms with van der Waals surface area (Å²) in [6, 6.07) is 9.59. The predicted molar refractivity (Wildman–Crippen MR) is 101 cm³/mol. The molecule has 0 atom stereocenters. The lowest BCUT2D eigenvalue weighted by Gasteiger charge is -2.19. The summed E-state index contributed by atoms with van der Waals surface area (Å²) in [6.07, 6.45) is -8.72. The summed E-state index contributed by atoms with van der Waals surface area (Å²) in [6.45, 7) is -0.327. The Kier molecular flexibility index (Phi) is 6.04. The van der Waals surface area contributed by atoms with Crippen LogP contribution in [-0.2, 0) is 18.9 Å². The fourth-order valence-corrected chi connectivity index (χ4v) is 3.08. The number of hydrogen-bond donors (Lipinski definition) is 0. The van der Waals surface area contributed by atoms with Crippen molar-refractivity contribution in [3.8, 4) is 5.69 Å². The molecule has 0 aliphatic heterocycles. The molecule has 11 heteroatoms. The lowest BCUT2D eigenvalue weighted by Crippen LogP contribution is -2.28. The molecule has 0 fully saturated rings. The van der Waals surface area contributed by atoms with Crippen LogP contribution in [0.3, 0.4) is 0 Å². The first-order chi connectivity index (χ1) is 14.4. The van der Waals surface area contributed by atoms with Gasteiger partial charge >= 0.3 is 12.4 Å². The number of carbonyl (C=O) groups excluding carboxylic acids is 1. The Balaban J connectivity index is 1.93. The minimum atomic E-state index is -4.92. The van der Waals surface area contributed by atoms with Gasteiger partial charge < -0.3 is 4.90 Å². The molecule has 0 saturated heterocycles. The topological polar surface area (TPSA) is 38.1 Å². The zero-order chi connectivity index (χ0) is 23.0. The minimum absolute atomic E-state index is 0.0382. The molecular formula is C20H14ClF6N3O. The molecule has 0 saturated carbocycles. The molecule has 0 unspecified atom stereocenters. The van der Waals surface area contributed by atoms with Crippen molar-refractivity contribution in [1.29, 1.82) is 0 Å². The minimum Gasteiger partial charge on any atom is -0.337 e. The summed E-state index contributed by atoms with van der Waals surface area (Å²) in [4.78, 5) is 13.6. The van der Waals surface area contributed by atoms with Gasteiger partial charge in [0, 0.05) is 18.6 Å². The molecule has 4 nitrogen and oxygen atoms in total. The third-order valence-corrected chi connectivity index (χ3v) is 4.61. The lowest BCUT2D eigenvalue weighted by atomic mass is 10.1. The summed E-state index contributed by atoms with van der Waals surface area (Å²) < 4.78 is 80.5. The maximum atomic E-state index is 13.8. The molecule has 0 radical (unpaired) electrons. The molecule has 1 heterocycles. The smallest absolute Gasteiger partial charge is 0.337 e. The van der Waals surface area contributed by atoms with Crippen LogP contribution in [0.15, 0.2) is 54.7 Å². The maximum Gasteiger partial charge on any atom is 0.434 e. The second kappa shape index (κ2) is 8.26. The third-order valence-electron chi connectivity index (χ3n) is 4.36. The molecule has 0 aliphatic carbocycles. The number of nitrogens with zero attached hydrogens (tertiary/aromatic N) is 3. The third kappa shape index (κ3) is 5.01. The Morgan fingerprint density at radius 2 is 1.68 bits per heavy atom. The number of halogens is 7. The van der Waals surface area contributed by atoms with Crippen LogP contribution in [0.1, 0.15) is 27.2 Å². The van der Waals surface area contributed by atoms with Gasteiger partial charge in [-0.3, -0.25) is 4.79 Å². The molecule has 0 N–H and O–H groups in total.